The highest BCUT2D eigenvalue weighted by atomic mass is 16.1. The lowest BCUT2D eigenvalue weighted by Crippen LogP contribution is -2.27. The predicted octanol–water partition coefficient (Wildman–Crippen LogP) is 2.44. The van der Waals surface area contributed by atoms with Gasteiger partial charge in [-0.1, -0.05) is 36.4 Å². The fourth-order valence-electron chi connectivity index (χ4n) is 2.91. The van der Waals surface area contributed by atoms with E-state index in [1.165, 1.54) is 0 Å². The van der Waals surface area contributed by atoms with Gasteiger partial charge >= 0.3 is 0 Å². The zero-order valence-electron chi connectivity index (χ0n) is 12.3. The van der Waals surface area contributed by atoms with Crippen molar-refractivity contribution in [3.63, 3.8) is 0 Å². The van der Waals surface area contributed by atoms with E-state index >= 15 is 0 Å². The van der Waals surface area contributed by atoms with Crippen LogP contribution in [0, 0.1) is 0 Å². The Morgan fingerprint density at radius 3 is 2.74 bits per heavy atom. The second-order valence-electron chi connectivity index (χ2n) is 5.34. The van der Waals surface area contributed by atoms with Crippen molar-refractivity contribution in [2.75, 3.05) is 0 Å². The minimum atomic E-state index is -0.142. The van der Waals surface area contributed by atoms with Crippen molar-refractivity contribution in [2.45, 2.75) is 6.42 Å². The first kappa shape index (κ1) is 13.5. The second kappa shape index (κ2) is 5.21. The molecule has 0 fully saturated rings. The average Bonchev–Trinajstić information content (AvgIpc) is 2.61. The number of nitrogens with zero attached hydrogens (tertiary/aromatic N) is 3. The van der Waals surface area contributed by atoms with Gasteiger partial charge in [0.05, 0.1) is 17.0 Å². The maximum atomic E-state index is 12.9. The first-order valence-electron chi connectivity index (χ1n) is 7.34. The van der Waals surface area contributed by atoms with Crippen LogP contribution in [0.25, 0.3) is 22.9 Å². The highest BCUT2D eigenvalue weighted by Gasteiger charge is 2.20. The summed E-state index contributed by atoms with van der Waals surface area (Å²) in [6.07, 6.45) is 6.05. The Bertz CT molecular complexity index is 1020. The largest absolute Gasteiger partial charge is 0.323 e. The van der Waals surface area contributed by atoms with Crippen molar-refractivity contribution in [3.05, 3.63) is 76.3 Å². The second-order valence-corrected chi connectivity index (χ2v) is 5.34. The lowest BCUT2D eigenvalue weighted by atomic mass is 10.0. The van der Waals surface area contributed by atoms with Crippen molar-refractivity contribution in [3.8, 4) is 11.1 Å². The van der Waals surface area contributed by atoms with Crippen LogP contribution in [0.5, 0.6) is 0 Å². The van der Waals surface area contributed by atoms with Crippen LogP contribution in [0.15, 0.2) is 64.6 Å². The molecule has 112 valence electrons. The van der Waals surface area contributed by atoms with Gasteiger partial charge in [-0.15, -0.1) is 0 Å². The summed E-state index contributed by atoms with van der Waals surface area (Å²) < 4.78 is 1.56. The molecule has 1 aromatic carbocycles. The van der Waals surface area contributed by atoms with Crippen LogP contribution in [0.2, 0.25) is 0 Å². The number of pyridine rings is 1. The topological polar surface area (TPSA) is 72.8 Å². The highest BCUT2D eigenvalue weighted by molar-refractivity contribution is 6.05. The summed E-state index contributed by atoms with van der Waals surface area (Å²) >= 11 is 0. The molecule has 2 N–H and O–H groups in total. The van der Waals surface area contributed by atoms with Gasteiger partial charge in [0, 0.05) is 18.2 Å². The van der Waals surface area contributed by atoms with Crippen molar-refractivity contribution in [1.82, 2.24) is 9.38 Å². The minimum absolute atomic E-state index is 0.142. The molecule has 0 bridgehead atoms. The Morgan fingerprint density at radius 2 is 1.96 bits per heavy atom. The molecule has 0 aliphatic heterocycles. The summed E-state index contributed by atoms with van der Waals surface area (Å²) in [5, 5.41) is 3.75. The lowest BCUT2D eigenvalue weighted by Gasteiger charge is -2.14. The molecular formula is C18H14N4O. The molecule has 1 aliphatic rings. The Hall–Kier alpha value is -3.21. The molecule has 4 rings (SSSR count). The van der Waals surface area contributed by atoms with Crippen molar-refractivity contribution in [1.29, 1.82) is 0 Å². The fraction of sp³-hybridized carbons (Fsp3) is 0.0556. The Morgan fingerprint density at radius 1 is 1.13 bits per heavy atom. The monoisotopic (exact) mass is 302 g/mol. The van der Waals surface area contributed by atoms with Gasteiger partial charge < -0.3 is 5.84 Å². The van der Waals surface area contributed by atoms with E-state index < -0.39 is 0 Å². The van der Waals surface area contributed by atoms with Crippen LogP contribution in [-0.4, -0.2) is 15.1 Å². The van der Waals surface area contributed by atoms with Gasteiger partial charge in [0.1, 0.15) is 5.65 Å². The molecule has 5 nitrogen and oxygen atoms in total. The molecule has 0 spiro atoms. The summed E-state index contributed by atoms with van der Waals surface area (Å²) in [7, 11) is 0. The highest BCUT2D eigenvalue weighted by Crippen LogP contribution is 2.24. The van der Waals surface area contributed by atoms with Gasteiger partial charge in [0.15, 0.2) is 0 Å². The molecule has 0 amide bonds. The molecule has 23 heavy (non-hydrogen) atoms. The number of allylic oxidation sites excluding steroid dienone is 1. The molecule has 1 aliphatic carbocycles. The van der Waals surface area contributed by atoms with Gasteiger partial charge in [0.25, 0.3) is 5.56 Å². The van der Waals surface area contributed by atoms with Gasteiger partial charge in [-0.3, -0.25) is 9.20 Å². The fourth-order valence-corrected chi connectivity index (χ4v) is 2.91. The first-order valence-corrected chi connectivity index (χ1v) is 7.34. The van der Waals surface area contributed by atoms with E-state index in [0.29, 0.717) is 29.0 Å². The zero-order chi connectivity index (χ0) is 15.8. The Kier molecular flexibility index (Phi) is 3.05. The number of aromatic nitrogens is 2. The first-order chi connectivity index (χ1) is 11.3. The smallest absolute Gasteiger partial charge is 0.267 e. The normalized spacial score (nSPS) is 15.0. The number of hydrazone groups is 1. The van der Waals surface area contributed by atoms with E-state index in [0.717, 1.165) is 11.1 Å². The van der Waals surface area contributed by atoms with Gasteiger partial charge in [-0.05, 0) is 23.8 Å². The SMILES string of the molecule is NN=C1CC=Cc2nc3c(-c4ccccc4)cccn3c(=O)c21. The van der Waals surface area contributed by atoms with Crippen LogP contribution >= 0.6 is 0 Å². The number of fused-ring (bicyclic) bond motifs is 2. The third-order valence-electron chi connectivity index (χ3n) is 4.00. The minimum Gasteiger partial charge on any atom is -0.323 e. The molecular weight excluding hydrogens is 288 g/mol. The summed E-state index contributed by atoms with van der Waals surface area (Å²) in [6, 6.07) is 13.7. The number of nitrogens with two attached hydrogens (primary N) is 1. The summed E-state index contributed by atoms with van der Waals surface area (Å²) in [4.78, 5) is 17.6. The van der Waals surface area contributed by atoms with Crippen LogP contribution < -0.4 is 11.4 Å². The number of hydrogen-bond acceptors (Lipinski definition) is 4. The van der Waals surface area contributed by atoms with E-state index in [1.54, 1.807) is 10.6 Å². The number of rotatable bonds is 1. The van der Waals surface area contributed by atoms with E-state index in [4.69, 9.17) is 10.8 Å². The lowest BCUT2D eigenvalue weighted by molar-refractivity contribution is 1.02. The quantitative estimate of drug-likeness (QED) is 0.554. The van der Waals surface area contributed by atoms with E-state index in [1.807, 2.05) is 54.6 Å². The zero-order valence-corrected chi connectivity index (χ0v) is 12.3. The van der Waals surface area contributed by atoms with Crippen molar-refractivity contribution >= 4 is 17.4 Å². The standard InChI is InChI=1S/C18H14N4O/c19-21-15-10-4-9-14-16(15)18(23)22-11-5-8-13(17(22)20-14)12-6-2-1-3-7-12/h1-9,11H,10,19H2. The summed E-state index contributed by atoms with van der Waals surface area (Å²) in [5.41, 5.74) is 4.09. The molecule has 0 atom stereocenters. The van der Waals surface area contributed by atoms with Crippen molar-refractivity contribution in [2.24, 2.45) is 10.9 Å². The Balaban J connectivity index is 2.10. The average molecular weight is 302 g/mol. The molecule has 2 heterocycles. The third-order valence-corrected chi connectivity index (χ3v) is 4.00. The molecule has 0 saturated heterocycles. The van der Waals surface area contributed by atoms with E-state index in [2.05, 4.69) is 5.10 Å². The molecule has 0 unspecified atom stereocenters. The maximum Gasteiger partial charge on any atom is 0.267 e. The van der Waals surface area contributed by atoms with Crippen LogP contribution in [0.4, 0.5) is 0 Å². The molecule has 3 aromatic rings. The van der Waals surface area contributed by atoms with Gasteiger partial charge in [-0.25, -0.2) is 4.98 Å². The van der Waals surface area contributed by atoms with E-state index in [-0.39, 0.29) is 5.56 Å². The van der Waals surface area contributed by atoms with Crippen LogP contribution in [0.3, 0.4) is 0 Å². The van der Waals surface area contributed by atoms with Crippen molar-refractivity contribution < 1.29 is 0 Å². The molecule has 0 radical (unpaired) electrons. The number of benzene rings is 1. The summed E-state index contributed by atoms with van der Waals surface area (Å²) in [6.45, 7) is 0. The van der Waals surface area contributed by atoms with Crippen LogP contribution in [0.1, 0.15) is 17.7 Å². The Labute approximate surface area is 132 Å². The maximum absolute atomic E-state index is 12.9. The van der Waals surface area contributed by atoms with Crippen LogP contribution in [-0.2, 0) is 0 Å². The predicted molar refractivity (Wildman–Crippen MR) is 91.3 cm³/mol. The van der Waals surface area contributed by atoms with Gasteiger partial charge in [-0.2, -0.15) is 5.10 Å². The third kappa shape index (κ3) is 2.05. The molecule has 5 heteroatoms. The number of hydrogen-bond donors (Lipinski definition) is 1. The van der Waals surface area contributed by atoms with Gasteiger partial charge in [0.2, 0.25) is 0 Å². The molecule has 2 aromatic heterocycles. The molecule has 0 saturated carbocycles. The van der Waals surface area contributed by atoms with E-state index in [9.17, 15) is 4.79 Å². The summed E-state index contributed by atoms with van der Waals surface area (Å²) in [5.74, 6) is 5.43.